The summed E-state index contributed by atoms with van der Waals surface area (Å²) in [5.74, 6) is -1.26. The van der Waals surface area contributed by atoms with Gasteiger partial charge in [-0.15, -0.1) is 0 Å². The van der Waals surface area contributed by atoms with Crippen LogP contribution in [0, 0.1) is 6.92 Å². The van der Waals surface area contributed by atoms with Gasteiger partial charge in [0.2, 0.25) is 0 Å². The Bertz CT molecular complexity index is 507. The van der Waals surface area contributed by atoms with Crippen LogP contribution in [0.4, 0.5) is 4.79 Å². The number of amides is 3. The van der Waals surface area contributed by atoms with Gasteiger partial charge in [-0.2, -0.15) is 4.90 Å². The summed E-state index contributed by atoms with van der Waals surface area (Å²) in [6.45, 7) is 1.80. The minimum Gasteiger partial charge on any atom is -0.452 e. The monoisotopic (exact) mass is 219 g/mol. The summed E-state index contributed by atoms with van der Waals surface area (Å²) >= 11 is 0. The summed E-state index contributed by atoms with van der Waals surface area (Å²) < 4.78 is 4.38. The molecule has 5 nitrogen and oxygen atoms in total. The zero-order chi connectivity index (χ0) is 11.9. The molecule has 0 aliphatic carbocycles. The zero-order valence-electron chi connectivity index (χ0n) is 8.81. The van der Waals surface area contributed by atoms with E-state index in [1.165, 1.54) is 6.07 Å². The summed E-state index contributed by atoms with van der Waals surface area (Å²) in [6, 6.07) is 4.83. The molecule has 0 saturated carbocycles. The molecule has 0 spiro atoms. The molecule has 1 aromatic rings. The van der Waals surface area contributed by atoms with Crippen molar-refractivity contribution in [3.05, 3.63) is 34.9 Å². The molecule has 1 aliphatic heterocycles. The highest BCUT2D eigenvalue weighted by molar-refractivity contribution is 6.28. The van der Waals surface area contributed by atoms with E-state index in [9.17, 15) is 14.4 Å². The Morgan fingerprint density at radius 2 is 1.81 bits per heavy atom. The van der Waals surface area contributed by atoms with Crippen molar-refractivity contribution < 1.29 is 19.1 Å². The second-order valence-electron chi connectivity index (χ2n) is 3.46. The molecule has 1 aromatic carbocycles. The van der Waals surface area contributed by atoms with Crippen LogP contribution in [0.25, 0.3) is 0 Å². The highest BCUT2D eigenvalue weighted by Crippen LogP contribution is 2.24. The molecule has 1 heterocycles. The molecule has 16 heavy (non-hydrogen) atoms. The topological polar surface area (TPSA) is 63.7 Å². The fraction of sp³-hybridized carbons (Fsp3) is 0.182. The van der Waals surface area contributed by atoms with E-state index >= 15 is 0 Å². The molecule has 0 N–H and O–H groups in total. The lowest BCUT2D eigenvalue weighted by Crippen LogP contribution is -2.35. The summed E-state index contributed by atoms with van der Waals surface area (Å²) in [5.41, 5.74) is 1.34. The smallest absolute Gasteiger partial charge is 0.423 e. The van der Waals surface area contributed by atoms with Crippen LogP contribution < -0.4 is 0 Å². The Morgan fingerprint density at radius 3 is 2.44 bits per heavy atom. The maximum Gasteiger partial charge on any atom is 0.423 e. The van der Waals surface area contributed by atoms with Crippen LogP contribution in [-0.2, 0) is 4.74 Å². The molecular weight excluding hydrogens is 210 g/mol. The van der Waals surface area contributed by atoms with Crippen LogP contribution in [0.15, 0.2) is 18.2 Å². The number of imide groups is 3. The fourth-order valence-corrected chi connectivity index (χ4v) is 1.61. The van der Waals surface area contributed by atoms with Crippen molar-refractivity contribution in [2.75, 3.05) is 7.11 Å². The van der Waals surface area contributed by atoms with Crippen molar-refractivity contribution >= 4 is 17.9 Å². The molecule has 0 unspecified atom stereocenters. The third-order valence-electron chi connectivity index (χ3n) is 2.40. The predicted molar refractivity (Wildman–Crippen MR) is 54.1 cm³/mol. The second-order valence-corrected chi connectivity index (χ2v) is 3.46. The van der Waals surface area contributed by atoms with Gasteiger partial charge in [0.25, 0.3) is 11.8 Å². The molecule has 5 heteroatoms. The van der Waals surface area contributed by atoms with Gasteiger partial charge in [0.05, 0.1) is 18.2 Å². The van der Waals surface area contributed by atoms with Crippen LogP contribution >= 0.6 is 0 Å². The first-order valence-corrected chi connectivity index (χ1v) is 4.63. The van der Waals surface area contributed by atoms with Crippen molar-refractivity contribution in [1.29, 1.82) is 0 Å². The number of nitrogens with zero attached hydrogens (tertiary/aromatic N) is 1. The van der Waals surface area contributed by atoms with Crippen LogP contribution in [0.1, 0.15) is 26.3 Å². The van der Waals surface area contributed by atoms with E-state index < -0.39 is 17.9 Å². The van der Waals surface area contributed by atoms with Crippen molar-refractivity contribution in [3.8, 4) is 0 Å². The van der Waals surface area contributed by atoms with Gasteiger partial charge in [0, 0.05) is 0 Å². The molecule has 82 valence electrons. The lowest BCUT2D eigenvalue weighted by Gasteiger charge is -2.08. The van der Waals surface area contributed by atoms with Crippen LogP contribution in [0.2, 0.25) is 0 Å². The third kappa shape index (κ3) is 1.29. The Balaban J connectivity index is 2.52. The maximum absolute atomic E-state index is 11.8. The minimum absolute atomic E-state index is 0.237. The van der Waals surface area contributed by atoms with Crippen molar-refractivity contribution in [2.24, 2.45) is 0 Å². The quantitative estimate of drug-likeness (QED) is 0.618. The van der Waals surface area contributed by atoms with Gasteiger partial charge in [-0.25, -0.2) is 4.79 Å². The van der Waals surface area contributed by atoms with E-state index in [2.05, 4.69) is 4.74 Å². The number of fused-ring (bicyclic) bond motifs is 1. The normalized spacial score (nSPS) is 14.0. The van der Waals surface area contributed by atoms with E-state index in [1.54, 1.807) is 19.1 Å². The lowest BCUT2D eigenvalue weighted by atomic mass is 10.1. The Labute approximate surface area is 91.6 Å². The molecular formula is C11H9NO4. The van der Waals surface area contributed by atoms with Gasteiger partial charge in [-0.1, -0.05) is 11.6 Å². The van der Waals surface area contributed by atoms with Gasteiger partial charge in [0.1, 0.15) is 0 Å². The summed E-state index contributed by atoms with van der Waals surface area (Å²) in [4.78, 5) is 35.2. The molecule has 0 aromatic heterocycles. The fourth-order valence-electron chi connectivity index (χ4n) is 1.61. The molecule has 2 rings (SSSR count). The second kappa shape index (κ2) is 3.44. The summed E-state index contributed by atoms with van der Waals surface area (Å²) in [6.07, 6.45) is -0.955. The van der Waals surface area contributed by atoms with Crippen molar-refractivity contribution in [3.63, 3.8) is 0 Å². The van der Waals surface area contributed by atoms with Crippen molar-refractivity contribution in [1.82, 2.24) is 4.90 Å². The van der Waals surface area contributed by atoms with E-state index in [-0.39, 0.29) is 11.1 Å². The number of aryl methyl sites for hydroxylation is 1. The number of ether oxygens (including phenoxy) is 1. The van der Waals surface area contributed by atoms with E-state index in [0.717, 1.165) is 12.7 Å². The molecule has 0 fully saturated rings. The lowest BCUT2D eigenvalue weighted by molar-refractivity contribution is 0.0622. The third-order valence-corrected chi connectivity index (χ3v) is 2.40. The molecule has 0 atom stereocenters. The number of hydrogen-bond acceptors (Lipinski definition) is 4. The highest BCUT2D eigenvalue weighted by atomic mass is 16.5. The highest BCUT2D eigenvalue weighted by Gasteiger charge is 2.40. The first kappa shape index (κ1) is 10.4. The predicted octanol–water partition coefficient (Wildman–Crippen LogP) is 1.36. The summed E-state index contributed by atoms with van der Waals surface area (Å²) in [5, 5.41) is 0. The minimum atomic E-state index is -0.955. The first-order chi connectivity index (χ1) is 7.56. The average Bonchev–Trinajstić information content (AvgIpc) is 2.51. The number of rotatable bonds is 0. The van der Waals surface area contributed by atoms with Crippen LogP contribution in [-0.4, -0.2) is 29.9 Å². The largest absolute Gasteiger partial charge is 0.452 e. The molecule has 0 bridgehead atoms. The molecule has 1 aliphatic rings. The van der Waals surface area contributed by atoms with E-state index in [1.807, 2.05) is 0 Å². The molecule has 0 radical (unpaired) electrons. The standard InChI is InChI=1S/C11H9NO4/c1-6-3-4-7-8(5-6)10(14)12(9(7)13)11(15)16-2/h3-5H,1-2H3. The van der Waals surface area contributed by atoms with Crippen LogP contribution in [0.5, 0.6) is 0 Å². The van der Waals surface area contributed by atoms with Gasteiger partial charge in [-0.05, 0) is 19.1 Å². The number of carbonyl (C=O) groups excluding carboxylic acids is 3. The van der Waals surface area contributed by atoms with Crippen LogP contribution in [0.3, 0.4) is 0 Å². The van der Waals surface area contributed by atoms with Gasteiger partial charge >= 0.3 is 6.09 Å². The van der Waals surface area contributed by atoms with Crippen molar-refractivity contribution in [2.45, 2.75) is 6.92 Å². The Morgan fingerprint density at radius 1 is 1.19 bits per heavy atom. The zero-order valence-corrected chi connectivity index (χ0v) is 8.81. The molecule has 3 amide bonds. The van der Waals surface area contributed by atoms with Gasteiger partial charge < -0.3 is 4.74 Å². The number of hydrogen-bond donors (Lipinski definition) is 0. The number of methoxy groups -OCH3 is 1. The SMILES string of the molecule is COC(=O)N1C(=O)c2ccc(C)cc2C1=O. The Hall–Kier alpha value is -2.17. The number of benzene rings is 1. The van der Waals surface area contributed by atoms with Gasteiger partial charge in [-0.3, -0.25) is 9.59 Å². The Kier molecular flexibility index (Phi) is 2.23. The maximum atomic E-state index is 11.8. The van der Waals surface area contributed by atoms with E-state index in [0.29, 0.717) is 4.90 Å². The number of carbonyl (C=O) groups is 3. The average molecular weight is 219 g/mol. The first-order valence-electron chi connectivity index (χ1n) is 4.63. The van der Waals surface area contributed by atoms with Gasteiger partial charge in [0.15, 0.2) is 0 Å². The molecule has 0 saturated heterocycles. The summed E-state index contributed by atoms with van der Waals surface area (Å²) in [7, 11) is 1.12. The van der Waals surface area contributed by atoms with E-state index in [4.69, 9.17) is 0 Å².